The van der Waals surface area contributed by atoms with E-state index in [0.717, 1.165) is 50.9 Å². The predicted molar refractivity (Wildman–Crippen MR) is 208 cm³/mol. The van der Waals surface area contributed by atoms with Crippen LogP contribution in [0.1, 0.15) is 107 Å². The number of fused-ring (bicyclic) bond motifs is 1. The van der Waals surface area contributed by atoms with Gasteiger partial charge in [-0.05, 0) is 99.2 Å². The molecule has 1 heterocycles. The summed E-state index contributed by atoms with van der Waals surface area (Å²) >= 11 is 0. The maximum Gasteiger partial charge on any atom is 0.112 e. The number of nitrogens with one attached hydrogen (secondary N) is 3. The molecule has 7 heteroatoms. The zero-order valence-electron chi connectivity index (χ0n) is 31.2. The van der Waals surface area contributed by atoms with E-state index in [1.54, 1.807) is 17.2 Å². The maximum absolute atomic E-state index is 7.89. The minimum absolute atomic E-state index is 0.365. The van der Waals surface area contributed by atoms with Gasteiger partial charge < -0.3 is 25.7 Å². The van der Waals surface area contributed by atoms with Crippen LogP contribution in [0.4, 0.5) is 0 Å². The monoisotopic (exact) mass is 654 g/mol. The van der Waals surface area contributed by atoms with Crippen LogP contribution < -0.4 is 15.7 Å². The Bertz CT molecular complexity index is 1140. The molecule has 0 bridgehead atoms. The summed E-state index contributed by atoms with van der Waals surface area (Å²) in [5, 5.41) is 17.6. The molecule has 4 N–H and O–H groups in total. The fourth-order valence-corrected chi connectivity index (χ4v) is 5.86. The van der Waals surface area contributed by atoms with E-state index in [1.165, 1.54) is 47.2 Å². The summed E-state index contributed by atoms with van der Waals surface area (Å²) in [7, 11) is 6.69. The lowest BCUT2D eigenvalue weighted by Gasteiger charge is -2.12. The largest absolute Gasteiger partial charge is 0.516 e. The quantitative estimate of drug-likeness (QED) is 0.117. The van der Waals surface area contributed by atoms with Crippen LogP contribution in [0.3, 0.4) is 0 Å². The molecule has 0 radical (unpaired) electrons. The zero-order valence-corrected chi connectivity index (χ0v) is 32.2. The second-order valence-corrected chi connectivity index (χ2v) is 13.1. The van der Waals surface area contributed by atoms with Crippen LogP contribution in [0.15, 0.2) is 66.0 Å². The number of amidine groups is 1. The second-order valence-electron chi connectivity index (χ2n) is 12.0. The summed E-state index contributed by atoms with van der Waals surface area (Å²) in [5.74, 6) is 1.45. The fourth-order valence-electron chi connectivity index (χ4n) is 4.86. The number of aliphatic hydroxyl groups excluding tert-OH is 1. The third-order valence-electron chi connectivity index (χ3n) is 7.68. The molecule has 4 rings (SSSR count). The van der Waals surface area contributed by atoms with Crippen molar-refractivity contribution in [2.75, 3.05) is 34.2 Å². The molecule has 260 valence electrons. The Morgan fingerprint density at radius 3 is 2.09 bits per heavy atom. The fraction of sp³-hybridized carbons (Fsp3) is 0.564. The van der Waals surface area contributed by atoms with Gasteiger partial charge in [0.25, 0.3) is 0 Å². The Morgan fingerprint density at radius 2 is 1.70 bits per heavy atom. The number of benzene rings is 2. The van der Waals surface area contributed by atoms with Crippen molar-refractivity contribution in [3.8, 4) is 0 Å². The van der Waals surface area contributed by atoms with Gasteiger partial charge >= 0.3 is 0 Å². The summed E-state index contributed by atoms with van der Waals surface area (Å²) < 4.78 is 0. The molecular weight excluding hydrogens is 585 g/mol. The van der Waals surface area contributed by atoms with E-state index in [4.69, 9.17) is 5.11 Å². The van der Waals surface area contributed by atoms with Gasteiger partial charge in [-0.25, -0.2) is 0 Å². The molecule has 0 saturated carbocycles. The highest BCUT2D eigenvalue weighted by Gasteiger charge is 2.20. The molecule has 2 aromatic carbocycles. The van der Waals surface area contributed by atoms with Gasteiger partial charge in [-0.15, -0.1) is 0 Å². The predicted octanol–water partition coefficient (Wildman–Crippen LogP) is 9.05. The number of nitrogens with zero attached hydrogens (tertiary/aromatic N) is 2. The normalized spacial score (nSPS) is 14.8. The molecule has 0 fully saturated rings. The minimum Gasteiger partial charge on any atom is -0.516 e. The van der Waals surface area contributed by atoms with Crippen LogP contribution >= 0.6 is 8.73 Å². The number of aliphatic hydroxyl groups is 1. The topological polar surface area (TPSA) is 71.9 Å². The molecule has 0 saturated heterocycles. The van der Waals surface area contributed by atoms with E-state index < -0.39 is 0 Å². The molecule has 1 aliphatic carbocycles. The van der Waals surface area contributed by atoms with E-state index in [-0.39, 0.29) is 0 Å². The molecule has 2 atom stereocenters. The Balaban J connectivity index is 0.000000591. The van der Waals surface area contributed by atoms with Crippen LogP contribution in [-0.4, -0.2) is 56.1 Å². The molecular formula is C39H68N5OP. The highest BCUT2D eigenvalue weighted by atomic mass is 31.1. The number of hydrogen-bond donors (Lipinski definition) is 4. The van der Waals surface area contributed by atoms with Gasteiger partial charge in [0.15, 0.2) is 0 Å². The summed E-state index contributed by atoms with van der Waals surface area (Å²) in [5.41, 5.74) is 10.2. The van der Waals surface area contributed by atoms with Gasteiger partial charge in [0.2, 0.25) is 0 Å². The van der Waals surface area contributed by atoms with Crippen LogP contribution in [0.5, 0.6) is 0 Å². The van der Waals surface area contributed by atoms with Gasteiger partial charge in [-0.1, -0.05) is 90.6 Å². The van der Waals surface area contributed by atoms with Gasteiger partial charge in [-0.2, -0.15) is 0 Å². The molecule has 2 unspecified atom stereocenters. The van der Waals surface area contributed by atoms with Gasteiger partial charge in [0, 0.05) is 47.7 Å². The molecule has 2 aliphatic rings. The third-order valence-corrected chi connectivity index (χ3v) is 8.92. The lowest BCUT2D eigenvalue weighted by atomic mass is 10.0. The second kappa shape index (κ2) is 26.4. The summed E-state index contributed by atoms with van der Waals surface area (Å²) in [6.45, 7) is 23.0. The van der Waals surface area contributed by atoms with E-state index >= 15 is 0 Å². The number of allylic oxidation sites excluding steroid dienone is 2. The Hall–Kier alpha value is -2.66. The first-order valence-corrected chi connectivity index (χ1v) is 18.3. The lowest BCUT2D eigenvalue weighted by molar-refractivity contribution is 0.471. The lowest BCUT2D eigenvalue weighted by Crippen LogP contribution is -2.29. The highest BCUT2D eigenvalue weighted by Crippen LogP contribution is 2.39. The van der Waals surface area contributed by atoms with Crippen molar-refractivity contribution in [2.45, 2.75) is 112 Å². The molecule has 2 aromatic rings. The molecule has 0 aromatic heterocycles. The zero-order chi connectivity index (χ0) is 34.9. The highest BCUT2D eigenvalue weighted by molar-refractivity contribution is 7.37. The van der Waals surface area contributed by atoms with Gasteiger partial charge in [0.1, 0.15) is 5.78 Å². The molecule has 0 spiro atoms. The Kier molecular flexibility index (Phi) is 24.9. The SMILES string of the molecule is C=C(CC)N(C)C.CC/C=C/O.CC1=NC(c2cc(C)c3c(c2)CCC3)PN1.CCc1ccccc1CC.CNCCNC(C)C. The average molecular weight is 654 g/mol. The minimum atomic E-state index is 0.365. The first kappa shape index (κ1) is 43.3. The van der Waals surface area contributed by atoms with E-state index in [0.29, 0.717) is 20.6 Å². The molecule has 6 nitrogen and oxygen atoms in total. The smallest absolute Gasteiger partial charge is 0.112 e. The van der Waals surface area contributed by atoms with Crippen LogP contribution in [-0.2, 0) is 25.7 Å². The Labute approximate surface area is 285 Å². The van der Waals surface area contributed by atoms with Crippen molar-refractivity contribution >= 4 is 14.6 Å². The van der Waals surface area contributed by atoms with Crippen molar-refractivity contribution in [1.29, 1.82) is 0 Å². The average Bonchev–Trinajstić information content (AvgIpc) is 3.71. The number of aryl methyl sites for hydroxylation is 4. The maximum atomic E-state index is 7.89. The van der Waals surface area contributed by atoms with Crippen LogP contribution in [0, 0.1) is 6.92 Å². The number of hydrogen-bond acceptors (Lipinski definition) is 6. The summed E-state index contributed by atoms with van der Waals surface area (Å²) in [6.07, 6.45) is 10.9. The van der Waals surface area contributed by atoms with Crippen molar-refractivity contribution in [1.82, 2.24) is 20.6 Å². The van der Waals surface area contributed by atoms with E-state index in [9.17, 15) is 0 Å². The third kappa shape index (κ3) is 18.5. The molecule has 0 amide bonds. The number of likely N-dealkylation sites (N-methyl/N-ethyl adjacent to an activating group) is 1. The Morgan fingerprint density at radius 1 is 1.07 bits per heavy atom. The van der Waals surface area contributed by atoms with Crippen LogP contribution in [0.25, 0.3) is 0 Å². The number of rotatable bonds is 10. The molecule has 46 heavy (non-hydrogen) atoms. The van der Waals surface area contributed by atoms with Gasteiger partial charge in [-0.3, -0.25) is 4.99 Å². The van der Waals surface area contributed by atoms with E-state index in [2.05, 4.69) is 105 Å². The molecule has 1 aliphatic heterocycles. The van der Waals surface area contributed by atoms with Crippen molar-refractivity contribution in [2.24, 2.45) is 4.99 Å². The van der Waals surface area contributed by atoms with Gasteiger partial charge in [0.05, 0.1) is 12.1 Å². The first-order chi connectivity index (χ1) is 22.0. The van der Waals surface area contributed by atoms with Crippen molar-refractivity contribution < 1.29 is 5.11 Å². The van der Waals surface area contributed by atoms with E-state index in [1.807, 2.05) is 39.9 Å². The summed E-state index contributed by atoms with van der Waals surface area (Å²) in [4.78, 5) is 6.67. The summed E-state index contributed by atoms with van der Waals surface area (Å²) in [6, 6.07) is 14.0. The standard InChI is InChI=1S/C13H17N2P.C10H14.C6H16N2.C6H13N.C4H8O/c1-8-6-11(13-14-9(2)15-16-13)7-10-4-3-5-12(8)10;1-3-9-7-5-6-8-10(9)4-2;1-6(2)8-5-4-7-3;1-5-6(2)7(3)4;1-2-3-4-5/h6-7,13,16H,3-5H2,1-2H3,(H,14,15);5-8H,3-4H2,1-2H3;6-8H,4-5H2,1-3H3;2,5H2,1,3-4H3;3-5H,2H2,1H3/b;;;;4-3+. The number of aliphatic imine (C=N–C) groups is 1. The first-order valence-electron chi connectivity index (χ1n) is 17.3. The van der Waals surface area contributed by atoms with Crippen molar-refractivity contribution in [3.63, 3.8) is 0 Å². The van der Waals surface area contributed by atoms with Crippen LogP contribution in [0.2, 0.25) is 0 Å². The van der Waals surface area contributed by atoms with Crippen molar-refractivity contribution in [3.05, 3.63) is 94.4 Å².